The molecule has 4 aliphatic rings. The quantitative estimate of drug-likeness (QED) is 0.120. The topological polar surface area (TPSA) is 193 Å². The van der Waals surface area contributed by atoms with E-state index < -0.39 is 95.6 Å². The van der Waals surface area contributed by atoms with Gasteiger partial charge in [-0.25, -0.2) is 14.4 Å². The maximum atomic E-state index is 14.6. The molecule has 0 unspecified atom stereocenters. The molecule has 3 aromatic rings. The Morgan fingerprint density at radius 2 is 1.58 bits per heavy atom. The summed E-state index contributed by atoms with van der Waals surface area (Å²) in [4.78, 5) is 81.7. The zero-order valence-electron chi connectivity index (χ0n) is 37.2. The van der Waals surface area contributed by atoms with E-state index in [4.69, 9.17) is 28.4 Å². The molecule has 0 saturated carbocycles. The van der Waals surface area contributed by atoms with Gasteiger partial charge in [-0.05, 0) is 63.8 Å². The summed E-state index contributed by atoms with van der Waals surface area (Å²) in [6.07, 6.45) is 1.15. The van der Waals surface area contributed by atoms with Gasteiger partial charge in [-0.1, -0.05) is 92.7 Å². The van der Waals surface area contributed by atoms with E-state index in [9.17, 15) is 33.9 Å². The van der Waals surface area contributed by atoms with Crippen molar-refractivity contribution in [2.75, 3.05) is 19.8 Å². The number of fused-ring (bicyclic) bond motifs is 1. The van der Waals surface area contributed by atoms with Crippen molar-refractivity contribution >= 4 is 41.8 Å². The number of hydrogen-bond acceptors (Lipinski definition) is 13. The van der Waals surface area contributed by atoms with Gasteiger partial charge in [-0.2, -0.15) is 0 Å². The number of cyclic esters (lactones) is 1. The fourth-order valence-corrected chi connectivity index (χ4v) is 8.52. The van der Waals surface area contributed by atoms with E-state index in [0.29, 0.717) is 29.5 Å². The number of likely N-dealkylation sites (tertiary alicyclic amines) is 1. The van der Waals surface area contributed by atoms with Crippen molar-refractivity contribution in [3.05, 3.63) is 125 Å². The SMILES string of the molecule is CC(C)(C)OC(=O)CC[C@@H](CO)NC(=O)[C@H]1CCCN1C(=O)C1=C[C@H]2OC(c3ccccc3)(c3ccccc3)O[C@H]2[C@H](OC(=O)c2ccccc2C=CC(=O)O[C@H]2C(=O)OCC2(C)C)C1. The van der Waals surface area contributed by atoms with E-state index in [-0.39, 0.29) is 43.6 Å². The normalized spacial score (nSPS) is 23.8. The van der Waals surface area contributed by atoms with Crippen LogP contribution < -0.4 is 5.32 Å². The minimum absolute atomic E-state index is 0.0224. The van der Waals surface area contributed by atoms with E-state index in [1.54, 1.807) is 58.9 Å². The highest BCUT2D eigenvalue weighted by Gasteiger charge is 2.55. The van der Waals surface area contributed by atoms with Crippen molar-refractivity contribution in [3.63, 3.8) is 0 Å². The Kier molecular flexibility index (Phi) is 14.1. The smallest absolute Gasteiger partial charge is 0.348 e. The second kappa shape index (κ2) is 19.5. The summed E-state index contributed by atoms with van der Waals surface area (Å²) in [7, 11) is 0. The number of nitrogens with one attached hydrogen (secondary N) is 1. The van der Waals surface area contributed by atoms with Crippen LogP contribution in [0, 0.1) is 5.41 Å². The first-order valence-electron chi connectivity index (χ1n) is 21.9. The third kappa shape index (κ3) is 10.7. The molecule has 3 saturated heterocycles. The average Bonchev–Trinajstić information content (AvgIpc) is 4.01. The van der Waals surface area contributed by atoms with Crippen LogP contribution in [0.5, 0.6) is 0 Å². The van der Waals surface area contributed by atoms with Gasteiger partial charge in [0.25, 0.3) is 0 Å². The first-order valence-corrected chi connectivity index (χ1v) is 21.9. The molecule has 3 heterocycles. The van der Waals surface area contributed by atoms with Gasteiger partial charge in [0.05, 0.1) is 18.2 Å². The van der Waals surface area contributed by atoms with E-state index in [1.165, 1.54) is 17.0 Å². The van der Waals surface area contributed by atoms with Crippen molar-refractivity contribution in [3.8, 4) is 0 Å². The minimum atomic E-state index is -1.46. The van der Waals surface area contributed by atoms with Crippen LogP contribution in [0.2, 0.25) is 0 Å². The molecule has 3 fully saturated rings. The number of hydrogen-bond donors (Lipinski definition) is 2. The fraction of sp³-hybridized carbons (Fsp3) is 0.440. The van der Waals surface area contributed by atoms with E-state index in [0.717, 1.165) is 6.08 Å². The Balaban J connectivity index is 1.14. The Morgan fingerprint density at radius 3 is 2.22 bits per heavy atom. The van der Waals surface area contributed by atoms with Gasteiger partial charge in [0.15, 0.2) is 0 Å². The highest BCUT2D eigenvalue weighted by atomic mass is 16.8. The van der Waals surface area contributed by atoms with E-state index in [2.05, 4.69) is 5.32 Å². The second-order valence-electron chi connectivity index (χ2n) is 18.4. The van der Waals surface area contributed by atoms with Gasteiger partial charge >= 0.3 is 23.9 Å². The number of carbonyl (C=O) groups is 6. The molecule has 65 heavy (non-hydrogen) atoms. The number of benzene rings is 3. The molecule has 3 aromatic carbocycles. The maximum absolute atomic E-state index is 14.6. The summed E-state index contributed by atoms with van der Waals surface area (Å²) in [5, 5.41) is 12.9. The first kappa shape index (κ1) is 46.8. The Hall–Kier alpha value is -6.16. The molecule has 0 radical (unpaired) electrons. The van der Waals surface area contributed by atoms with Crippen molar-refractivity contribution in [1.82, 2.24) is 10.2 Å². The van der Waals surface area contributed by atoms with Crippen molar-refractivity contribution in [2.24, 2.45) is 5.41 Å². The lowest BCUT2D eigenvalue weighted by Gasteiger charge is -2.33. The Labute approximate surface area is 378 Å². The largest absolute Gasteiger partial charge is 0.462 e. The molecule has 0 aromatic heterocycles. The molecule has 15 nitrogen and oxygen atoms in total. The van der Waals surface area contributed by atoms with Crippen LogP contribution in [0.25, 0.3) is 6.08 Å². The van der Waals surface area contributed by atoms with Crippen molar-refractivity contribution in [1.29, 1.82) is 0 Å². The van der Waals surface area contributed by atoms with Crippen LogP contribution in [-0.2, 0) is 58.2 Å². The summed E-state index contributed by atoms with van der Waals surface area (Å²) in [6, 6.07) is 23.5. The molecule has 15 heteroatoms. The Bertz CT molecular complexity index is 2280. The van der Waals surface area contributed by atoms with E-state index in [1.807, 2.05) is 60.7 Å². The third-order valence-corrected chi connectivity index (χ3v) is 11.7. The van der Waals surface area contributed by atoms with Gasteiger partial charge in [0.2, 0.25) is 23.7 Å². The van der Waals surface area contributed by atoms with Gasteiger partial charge in [0.1, 0.15) is 36.6 Å². The molecule has 2 amide bonds. The lowest BCUT2D eigenvalue weighted by Crippen LogP contribution is -2.51. The molecule has 2 N–H and O–H groups in total. The zero-order valence-corrected chi connectivity index (χ0v) is 37.2. The molecule has 344 valence electrons. The van der Waals surface area contributed by atoms with Crippen LogP contribution in [0.4, 0.5) is 0 Å². The number of esters is 4. The maximum Gasteiger partial charge on any atom is 0.348 e. The number of aliphatic hydroxyl groups is 1. The molecular formula is C50H56N2O13. The van der Waals surface area contributed by atoms with Crippen LogP contribution >= 0.6 is 0 Å². The number of carbonyl (C=O) groups excluding carboxylic acids is 6. The predicted octanol–water partition coefficient (Wildman–Crippen LogP) is 5.33. The van der Waals surface area contributed by atoms with Crippen LogP contribution in [0.1, 0.15) is 93.8 Å². The van der Waals surface area contributed by atoms with Crippen molar-refractivity contribution in [2.45, 2.75) is 115 Å². The summed E-state index contributed by atoms with van der Waals surface area (Å²) in [6.45, 7) is 8.73. The monoisotopic (exact) mass is 892 g/mol. The number of amides is 2. The Morgan fingerprint density at radius 1 is 0.923 bits per heavy atom. The molecule has 6 atom stereocenters. The number of nitrogens with zero attached hydrogens (tertiary/aromatic N) is 1. The number of rotatable bonds is 14. The highest BCUT2D eigenvalue weighted by molar-refractivity contribution is 5.99. The molecule has 3 aliphatic heterocycles. The highest BCUT2D eigenvalue weighted by Crippen LogP contribution is 2.47. The lowest BCUT2D eigenvalue weighted by atomic mass is 9.90. The molecule has 0 spiro atoms. The summed E-state index contributed by atoms with van der Waals surface area (Å²) >= 11 is 0. The third-order valence-electron chi connectivity index (χ3n) is 11.7. The molecule has 7 rings (SSSR count). The van der Waals surface area contributed by atoms with Crippen molar-refractivity contribution < 1.29 is 62.3 Å². The van der Waals surface area contributed by atoms with Crippen LogP contribution in [0.15, 0.2) is 103 Å². The first-order chi connectivity index (χ1) is 31.0. The van der Waals surface area contributed by atoms with Gasteiger partial charge in [0, 0.05) is 47.6 Å². The summed E-state index contributed by atoms with van der Waals surface area (Å²) < 4.78 is 36.0. The zero-order chi connectivity index (χ0) is 46.5. The van der Waals surface area contributed by atoms with Gasteiger partial charge in [-0.15, -0.1) is 0 Å². The summed E-state index contributed by atoms with van der Waals surface area (Å²) in [5.74, 6) is -5.04. The molecular weight excluding hydrogens is 837 g/mol. The molecule has 0 bridgehead atoms. The van der Waals surface area contributed by atoms with Gasteiger partial charge < -0.3 is 43.7 Å². The average molecular weight is 893 g/mol. The number of aliphatic hydroxyl groups excluding tert-OH is 1. The number of ether oxygens (including phenoxy) is 6. The summed E-state index contributed by atoms with van der Waals surface area (Å²) in [5.41, 5.74) is 0.625. The van der Waals surface area contributed by atoms with Crippen LogP contribution in [0.3, 0.4) is 0 Å². The van der Waals surface area contributed by atoms with Crippen LogP contribution in [-0.4, -0.2) is 108 Å². The minimum Gasteiger partial charge on any atom is -0.462 e. The second-order valence-corrected chi connectivity index (χ2v) is 18.4. The predicted molar refractivity (Wildman–Crippen MR) is 234 cm³/mol. The van der Waals surface area contributed by atoms with E-state index >= 15 is 0 Å². The standard InChI is InChI=1S/C50H56N2O13/c1-48(2,3)64-41(55)25-23-35(29-53)51-44(56)37-21-14-26-52(37)45(57)32-27-38(42-39(28-32)63-50(65-42,33-16-8-6-9-17-33)34-18-10-7-11-19-34)61-46(58)36-20-13-12-15-31(36)22-24-40(54)62-43-47(59)60-30-49(43,4)5/h6-13,15-20,22,24,28,35,37-39,42-43,53H,14,21,23,25-27,29-30H2,1-5H3,(H,51,56)/t35-,37+,38+,39+,42-,43-/m0/s1. The lowest BCUT2D eigenvalue weighted by molar-refractivity contribution is -0.159. The fourth-order valence-electron chi connectivity index (χ4n) is 8.52. The molecule has 1 aliphatic carbocycles. The van der Waals surface area contributed by atoms with Gasteiger partial charge in [-0.3, -0.25) is 14.4 Å².